The van der Waals surface area contributed by atoms with Crippen molar-refractivity contribution in [1.82, 2.24) is 4.98 Å². The summed E-state index contributed by atoms with van der Waals surface area (Å²) in [6.07, 6.45) is 2.70. The molecule has 0 saturated carbocycles. The second-order valence-electron chi connectivity index (χ2n) is 5.89. The SMILES string of the molecule is O=C(Nc1ncc(Cc2cc(F)cc(F)c2)s1)c1csc2c1CCOC2. The number of carbonyl (C=O) groups is 1. The van der Waals surface area contributed by atoms with Crippen LogP contribution in [0.4, 0.5) is 13.9 Å². The van der Waals surface area contributed by atoms with Crippen LogP contribution in [0.25, 0.3) is 0 Å². The van der Waals surface area contributed by atoms with Crippen LogP contribution in [-0.2, 0) is 24.2 Å². The van der Waals surface area contributed by atoms with Crippen LogP contribution in [-0.4, -0.2) is 17.5 Å². The monoisotopic (exact) mass is 392 g/mol. The minimum atomic E-state index is -0.607. The summed E-state index contributed by atoms with van der Waals surface area (Å²) in [6.45, 7) is 1.18. The van der Waals surface area contributed by atoms with Crippen LogP contribution in [0.3, 0.4) is 0 Å². The van der Waals surface area contributed by atoms with Gasteiger partial charge in [0.2, 0.25) is 0 Å². The second-order valence-corrected chi connectivity index (χ2v) is 7.97. The Morgan fingerprint density at radius 1 is 1.27 bits per heavy atom. The molecule has 1 aromatic carbocycles. The molecule has 0 unspecified atom stereocenters. The van der Waals surface area contributed by atoms with Gasteiger partial charge in [0.05, 0.1) is 18.8 Å². The molecule has 1 N–H and O–H groups in total. The van der Waals surface area contributed by atoms with Gasteiger partial charge >= 0.3 is 0 Å². The summed E-state index contributed by atoms with van der Waals surface area (Å²) in [5.74, 6) is -1.41. The van der Waals surface area contributed by atoms with E-state index >= 15 is 0 Å². The van der Waals surface area contributed by atoms with Gasteiger partial charge in [0.25, 0.3) is 5.91 Å². The van der Waals surface area contributed by atoms with Gasteiger partial charge in [0, 0.05) is 33.8 Å². The van der Waals surface area contributed by atoms with Gasteiger partial charge in [-0.3, -0.25) is 10.1 Å². The number of nitrogens with one attached hydrogen (secondary N) is 1. The van der Waals surface area contributed by atoms with Crippen LogP contribution in [0.5, 0.6) is 0 Å². The molecule has 1 amide bonds. The molecule has 1 aliphatic rings. The topological polar surface area (TPSA) is 51.2 Å². The van der Waals surface area contributed by atoms with Gasteiger partial charge in [-0.1, -0.05) is 0 Å². The number of benzene rings is 1. The quantitative estimate of drug-likeness (QED) is 0.716. The second kappa shape index (κ2) is 7.22. The molecular formula is C18H14F2N2O2S2. The highest BCUT2D eigenvalue weighted by Crippen LogP contribution is 2.29. The first-order chi connectivity index (χ1) is 12.6. The zero-order valence-corrected chi connectivity index (χ0v) is 15.2. The molecule has 0 aliphatic carbocycles. The number of fused-ring (bicyclic) bond motifs is 1. The number of carbonyl (C=O) groups excluding carboxylic acids is 1. The molecule has 3 aromatic rings. The summed E-state index contributed by atoms with van der Waals surface area (Å²) in [7, 11) is 0. The Kier molecular flexibility index (Phi) is 4.80. The lowest BCUT2D eigenvalue weighted by Crippen LogP contribution is -2.16. The Bertz CT molecular complexity index is 948. The molecule has 4 nitrogen and oxygen atoms in total. The van der Waals surface area contributed by atoms with Gasteiger partial charge in [-0.05, 0) is 29.7 Å². The van der Waals surface area contributed by atoms with Crippen LogP contribution >= 0.6 is 22.7 Å². The zero-order chi connectivity index (χ0) is 18.1. The first-order valence-electron chi connectivity index (χ1n) is 7.96. The number of thiazole rings is 1. The smallest absolute Gasteiger partial charge is 0.258 e. The number of amides is 1. The number of halogens is 2. The third-order valence-corrected chi connectivity index (χ3v) is 5.94. The van der Waals surface area contributed by atoms with E-state index in [4.69, 9.17) is 4.74 Å². The highest BCUT2D eigenvalue weighted by atomic mass is 32.1. The summed E-state index contributed by atoms with van der Waals surface area (Å²) in [6, 6.07) is 3.43. The number of nitrogens with zero attached hydrogens (tertiary/aromatic N) is 1. The molecule has 0 saturated heterocycles. The molecule has 4 rings (SSSR count). The number of rotatable bonds is 4. The van der Waals surface area contributed by atoms with Crippen LogP contribution in [0.15, 0.2) is 29.8 Å². The van der Waals surface area contributed by atoms with Crippen molar-refractivity contribution in [3.8, 4) is 0 Å². The maximum absolute atomic E-state index is 13.3. The molecule has 26 heavy (non-hydrogen) atoms. The normalized spacial score (nSPS) is 13.5. The first-order valence-corrected chi connectivity index (χ1v) is 9.66. The number of anilines is 1. The van der Waals surface area contributed by atoms with Crippen molar-refractivity contribution in [2.24, 2.45) is 0 Å². The third-order valence-electron chi connectivity index (χ3n) is 4.03. The van der Waals surface area contributed by atoms with E-state index < -0.39 is 11.6 Å². The van der Waals surface area contributed by atoms with Crippen LogP contribution in [0, 0.1) is 11.6 Å². The Labute approximate surface area is 156 Å². The lowest BCUT2D eigenvalue weighted by Gasteiger charge is -2.13. The maximum Gasteiger partial charge on any atom is 0.258 e. The average molecular weight is 392 g/mol. The minimum absolute atomic E-state index is 0.192. The van der Waals surface area contributed by atoms with Gasteiger partial charge in [-0.25, -0.2) is 13.8 Å². The molecule has 0 atom stereocenters. The van der Waals surface area contributed by atoms with Gasteiger partial charge in [0.1, 0.15) is 11.6 Å². The van der Waals surface area contributed by atoms with Gasteiger partial charge in [0.15, 0.2) is 5.13 Å². The van der Waals surface area contributed by atoms with E-state index in [0.717, 1.165) is 27.8 Å². The molecule has 1 aliphatic heterocycles. The Balaban J connectivity index is 1.46. The summed E-state index contributed by atoms with van der Waals surface area (Å²) >= 11 is 2.82. The van der Waals surface area contributed by atoms with Crippen molar-refractivity contribution < 1.29 is 18.3 Å². The average Bonchev–Trinajstić information content (AvgIpc) is 3.20. The number of hydrogen-bond acceptors (Lipinski definition) is 5. The summed E-state index contributed by atoms with van der Waals surface area (Å²) < 4.78 is 32.0. The van der Waals surface area contributed by atoms with Crippen molar-refractivity contribution in [2.75, 3.05) is 11.9 Å². The van der Waals surface area contributed by atoms with E-state index in [1.165, 1.54) is 34.8 Å². The molecule has 0 spiro atoms. The van der Waals surface area contributed by atoms with E-state index in [1.54, 1.807) is 6.20 Å². The van der Waals surface area contributed by atoms with Crippen molar-refractivity contribution in [2.45, 2.75) is 19.4 Å². The summed E-state index contributed by atoms with van der Waals surface area (Å²) in [5.41, 5.74) is 2.24. The largest absolute Gasteiger partial charge is 0.376 e. The van der Waals surface area contributed by atoms with Crippen molar-refractivity contribution in [3.63, 3.8) is 0 Å². The number of hydrogen-bond donors (Lipinski definition) is 1. The molecule has 3 heterocycles. The Hall–Kier alpha value is -2.16. The van der Waals surface area contributed by atoms with E-state index in [0.29, 0.717) is 35.9 Å². The zero-order valence-electron chi connectivity index (χ0n) is 13.6. The molecule has 8 heteroatoms. The third kappa shape index (κ3) is 3.67. The summed E-state index contributed by atoms with van der Waals surface area (Å²) in [4.78, 5) is 18.6. The lowest BCUT2D eigenvalue weighted by atomic mass is 10.1. The maximum atomic E-state index is 13.3. The predicted molar refractivity (Wildman–Crippen MR) is 96.9 cm³/mol. The Morgan fingerprint density at radius 3 is 2.88 bits per heavy atom. The number of thiophene rings is 1. The Morgan fingerprint density at radius 2 is 2.08 bits per heavy atom. The molecular weight excluding hydrogens is 378 g/mol. The van der Waals surface area contributed by atoms with E-state index in [2.05, 4.69) is 10.3 Å². The fourth-order valence-electron chi connectivity index (χ4n) is 2.87. The standard InChI is InChI=1S/C18H14F2N2O2S2/c19-11-3-10(4-12(20)6-11)5-13-7-21-18(26-13)22-17(23)15-9-25-16-8-24-2-1-14(15)16/h3-4,6-7,9H,1-2,5,8H2,(H,21,22,23). The molecule has 0 fully saturated rings. The summed E-state index contributed by atoms with van der Waals surface area (Å²) in [5, 5.41) is 5.12. The first kappa shape index (κ1) is 17.3. The fourth-order valence-corrected chi connectivity index (χ4v) is 4.73. The predicted octanol–water partition coefficient (Wildman–Crippen LogP) is 4.40. The van der Waals surface area contributed by atoms with Crippen molar-refractivity contribution in [3.05, 3.63) is 67.9 Å². The highest BCUT2D eigenvalue weighted by Gasteiger charge is 2.21. The number of aromatic nitrogens is 1. The minimum Gasteiger partial charge on any atom is -0.376 e. The molecule has 0 radical (unpaired) electrons. The van der Waals surface area contributed by atoms with E-state index in [9.17, 15) is 13.6 Å². The van der Waals surface area contributed by atoms with E-state index in [-0.39, 0.29) is 5.91 Å². The highest BCUT2D eigenvalue weighted by molar-refractivity contribution is 7.15. The lowest BCUT2D eigenvalue weighted by molar-refractivity contribution is 0.101. The molecule has 0 bridgehead atoms. The van der Waals surface area contributed by atoms with Crippen LogP contribution < -0.4 is 5.32 Å². The van der Waals surface area contributed by atoms with Crippen LogP contribution in [0.1, 0.15) is 31.2 Å². The van der Waals surface area contributed by atoms with Gasteiger partial charge in [-0.2, -0.15) is 0 Å². The molecule has 134 valence electrons. The number of ether oxygens (including phenoxy) is 1. The molecule has 2 aromatic heterocycles. The van der Waals surface area contributed by atoms with Crippen LogP contribution in [0.2, 0.25) is 0 Å². The van der Waals surface area contributed by atoms with E-state index in [1.807, 2.05) is 5.38 Å². The fraction of sp³-hybridized carbons (Fsp3) is 0.222. The van der Waals surface area contributed by atoms with Crippen molar-refractivity contribution >= 4 is 33.7 Å². The van der Waals surface area contributed by atoms with Crippen molar-refractivity contribution in [1.29, 1.82) is 0 Å². The van der Waals surface area contributed by atoms with Gasteiger partial charge < -0.3 is 4.74 Å². The van der Waals surface area contributed by atoms with Gasteiger partial charge in [-0.15, -0.1) is 22.7 Å².